The lowest BCUT2D eigenvalue weighted by Gasteiger charge is -2.08. The predicted molar refractivity (Wildman–Crippen MR) is 56.0 cm³/mol. The number of benzene rings is 1. The Morgan fingerprint density at radius 1 is 1.29 bits per heavy atom. The monoisotopic (exact) mass is 190 g/mol. The molecule has 0 atom stereocenters. The van der Waals surface area contributed by atoms with Gasteiger partial charge in [-0.15, -0.1) is 0 Å². The number of anilines is 1. The number of nitrogens with zero attached hydrogens (tertiary/aromatic N) is 1. The first-order valence-corrected chi connectivity index (χ1v) is 4.45. The van der Waals surface area contributed by atoms with Crippen LogP contribution in [0.25, 0.3) is 10.9 Å². The van der Waals surface area contributed by atoms with Crippen molar-refractivity contribution in [2.75, 3.05) is 12.4 Å². The molecule has 0 fully saturated rings. The van der Waals surface area contributed by atoms with Crippen molar-refractivity contribution in [3.63, 3.8) is 0 Å². The van der Waals surface area contributed by atoms with Gasteiger partial charge in [-0.3, -0.25) is 4.98 Å². The van der Waals surface area contributed by atoms with E-state index in [1.165, 1.54) is 6.07 Å². The maximum Gasteiger partial charge on any atom is 0.149 e. The van der Waals surface area contributed by atoms with Gasteiger partial charge in [0.25, 0.3) is 0 Å². The summed E-state index contributed by atoms with van der Waals surface area (Å²) in [5.74, 6) is -0.275. The van der Waals surface area contributed by atoms with E-state index in [0.717, 1.165) is 16.6 Å². The van der Waals surface area contributed by atoms with E-state index >= 15 is 0 Å². The number of fused-ring (bicyclic) bond motifs is 1. The highest BCUT2D eigenvalue weighted by atomic mass is 19.1. The molecule has 0 amide bonds. The van der Waals surface area contributed by atoms with Gasteiger partial charge in [0.1, 0.15) is 11.3 Å². The molecule has 0 unspecified atom stereocenters. The summed E-state index contributed by atoms with van der Waals surface area (Å²) in [6.45, 7) is 1.95. The highest BCUT2D eigenvalue weighted by Crippen LogP contribution is 2.26. The van der Waals surface area contributed by atoms with Crippen LogP contribution in [-0.4, -0.2) is 12.0 Å². The third-order valence-corrected chi connectivity index (χ3v) is 2.32. The normalized spacial score (nSPS) is 10.5. The molecule has 2 rings (SSSR count). The average Bonchev–Trinajstić information content (AvgIpc) is 2.23. The molecule has 0 bridgehead atoms. The Kier molecular flexibility index (Phi) is 2.08. The van der Waals surface area contributed by atoms with Gasteiger partial charge >= 0.3 is 0 Å². The lowest BCUT2D eigenvalue weighted by Crippen LogP contribution is -1.94. The molecule has 1 aromatic carbocycles. The zero-order chi connectivity index (χ0) is 10.1. The Labute approximate surface area is 81.8 Å². The van der Waals surface area contributed by atoms with Crippen LogP contribution in [0, 0.1) is 12.7 Å². The molecular formula is C11H11FN2. The molecule has 1 heterocycles. The van der Waals surface area contributed by atoms with Crippen LogP contribution < -0.4 is 5.32 Å². The molecule has 1 N–H and O–H groups in total. The number of aromatic nitrogens is 1. The van der Waals surface area contributed by atoms with Crippen LogP contribution in [0.5, 0.6) is 0 Å². The van der Waals surface area contributed by atoms with Gasteiger partial charge in [0.15, 0.2) is 0 Å². The van der Waals surface area contributed by atoms with Crippen LogP contribution in [-0.2, 0) is 0 Å². The summed E-state index contributed by atoms with van der Waals surface area (Å²) < 4.78 is 13.4. The number of rotatable bonds is 1. The minimum atomic E-state index is -0.275. The van der Waals surface area contributed by atoms with Gasteiger partial charge in [-0.05, 0) is 24.6 Å². The smallest absolute Gasteiger partial charge is 0.149 e. The van der Waals surface area contributed by atoms with Crippen molar-refractivity contribution < 1.29 is 4.39 Å². The Hall–Kier alpha value is -1.64. The van der Waals surface area contributed by atoms with E-state index in [0.29, 0.717) is 5.52 Å². The fraction of sp³-hybridized carbons (Fsp3) is 0.182. The Balaban J connectivity index is 2.92. The van der Waals surface area contributed by atoms with Crippen molar-refractivity contribution in [2.24, 2.45) is 0 Å². The molecule has 72 valence electrons. The molecule has 0 saturated carbocycles. The van der Waals surface area contributed by atoms with Gasteiger partial charge in [-0.1, -0.05) is 6.07 Å². The van der Waals surface area contributed by atoms with Crippen LogP contribution in [0.15, 0.2) is 24.4 Å². The van der Waals surface area contributed by atoms with Crippen molar-refractivity contribution in [3.8, 4) is 0 Å². The number of nitrogens with one attached hydrogen (secondary N) is 1. The summed E-state index contributed by atoms with van der Waals surface area (Å²) in [4.78, 5) is 4.04. The molecule has 0 spiro atoms. The van der Waals surface area contributed by atoms with Gasteiger partial charge in [-0.2, -0.15) is 0 Å². The third-order valence-electron chi connectivity index (χ3n) is 2.32. The summed E-state index contributed by atoms with van der Waals surface area (Å²) in [5.41, 5.74) is 2.36. The van der Waals surface area contributed by atoms with Crippen molar-refractivity contribution in [1.82, 2.24) is 4.98 Å². The minimum Gasteiger partial charge on any atom is -0.388 e. The molecule has 1 aromatic heterocycles. The second kappa shape index (κ2) is 3.25. The second-order valence-electron chi connectivity index (χ2n) is 3.20. The highest BCUT2D eigenvalue weighted by molar-refractivity contribution is 5.93. The molecule has 3 heteroatoms. The first kappa shape index (κ1) is 8.94. The Morgan fingerprint density at radius 2 is 2.07 bits per heavy atom. The first-order chi connectivity index (χ1) is 6.74. The SMILES string of the molecule is CNc1ccnc2c(F)ccc(C)c12. The van der Waals surface area contributed by atoms with Crippen molar-refractivity contribution in [1.29, 1.82) is 0 Å². The van der Waals surface area contributed by atoms with E-state index in [-0.39, 0.29) is 5.82 Å². The van der Waals surface area contributed by atoms with E-state index in [1.54, 1.807) is 12.3 Å². The molecule has 0 saturated heterocycles. The van der Waals surface area contributed by atoms with Gasteiger partial charge in [0, 0.05) is 24.3 Å². The summed E-state index contributed by atoms with van der Waals surface area (Å²) >= 11 is 0. The van der Waals surface area contributed by atoms with Crippen molar-refractivity contribution >= 4 is 16.6 Å². The molecule has 0 aliphatic rings. The molecule has 2 nitrogen and oxygen atoms in total. The topological polar surface area (TPSA) is 24.9 Å². The summed E-state index contributed by atoms with van der Waals surface area (Å²) in [5, 5.41) is 3.89. The zero-order valence-corrected chi connectivity index (χ0v) is 8.13. The summed E-state index contributed by atoms with van der Waals surface area (Å²) in [7, 11) is 1.82. The molecule has 14 heavy (non-hydrogen) atoms. The van der Waals surface area contributed by atoms with Crippen LogP contribution in [0.4, 0.5) is 10.1 Å². The van der Waals surface area contributed by atoms with E-state index in [9.17, 15) is 4.39 Å². The second-order valence-corrected chi connectivity index (χ2v) is 3.20. The maximum atomic E-state index is 13.4. The van der Waals surface area contributed by atoms with E-state index < -0.39 is 0 Å². The largest absolute Gasteiger partial charge is 0.388 e. The van der Waals surface area contributed by atoms with E-state index in [1.807, 2.05) is 20.0 Å². The zero-order valence-electron chi connectivity index (χ0n) is 8.13. The molecule has 0 radical (unpaired) electrons. The fourth-order valence-electron chi connectivity index (χ4n) is 1.61. The lowest BCUT2D eigenvalue weighted by molar-refractivity contribution is 0.636. The van der Waals surface area contributed by atoms with Gasteiger partial charge < -0.3 is 5.32 Å². The fourth-order valence-corrected chi connectivity index (χ4v) is 1.61. The average molecular weight is 190 g/mol. The van der Waals surface area contributed by atoms with Crippen LogP contribution in [0.3, 0.4) is 0 Å². The lowest BCUT2D eigenvalue weighted by atomic mass is 10.1. The quantitative estimate of drug-likeness (QED) is 0.747. The molecule has 2 aromatic rings. The number of pyridine rings is 1. The molecular weight excluding hydrogens is 179 g/mol. The third kappa shape index (κ3) is 1.21. The van der Waals surface area contributed by atoms with Crippen LogP contribution in [0.1, 0.15) is 5.56 Å². The molecule has 0 aliphatic carbocycles. The summed E-state index contributed by atoms with van der Waals surface area (Å²) in [6.07, 6.45) is 1.61. The molecule has 0 aliphatic heterocycles. The van der Waals surface area contributed by atoms with E-state index in [4.69, 9.17) is 0 Å². The van der Waals surface area contributed by atoms with Crippen molar-refractivity contribution in [3.05, 3.63) is 35.8 Å². The highest BCUT2D eigenvalue weighted by Gasteiger charge is 2.07. The minimum absolute atomic E-state index is 0.275. The standard InChI is InChI=1S/C11H11FN2/c1-7-3-4-8(12)11-10(7)9(13-2)5-6-14-11/h3-6H,1-2H3,(H,13,14). The van der Waals surface area contributed by atoms with Gasteiger partial charge in [0.05, 0.1) is 0 Å². The number of hydrogen-bond donors (Lipinski definition) is 1. The number of aryl methyl sites for hydroxylation is 1. The number of halogens is 1. The maximum absolute atomic E-state index is 13.4. The van der Waals surface area contributed by atoms with Crippen molar-refractivity contribution in [2.45, 2.75) is 6.92 Å². The number of hydrogen-bond acceptors (Lipinski definition) is 2. The Bertz CT molecular complexity index is 480. The predicted octanol–water partition coefficient (Wildman–Crippen LogP) is 2.72. The summed E-state index contributed by atoms with van der Waals surface area (Å²) in [6, 6.07) is 5.05. The first-order valence-electron chi connectivity index (χ1n) is 4.45. The van der Waals surface area contributed by atoms with Gasteiger partial charge in [0.2, 0.25) is 0 Å². The van der Waals surface area contributed by atoms with E-state index in [2.05, 4.69) is 10.3 Å². The Morgan fingerprint density at radius 3 is 2.79 bits per heavy atom. The van der Waals surface area contributed by atoms with Crippen LogP contribution in [0.2, 0.25) is 0 Å². The van der Waals surface area contributed by atoms with Gasteiger partial charge in [-0.25, -0.2) is 4.39 Å². The van der Waals surface area contributed by atoms with Crippen LogP contribution >= 0.6 is 0 Å².